The maximum atomic E-state index is 13.4. The lowest BCUT2D eigenvalue weighted by Gasteiger charge is -2.30. The largest absolute Gasteiger partial charge is 0.462 e. The number of methoxy groups -OCH3 is 2. The van der Waals surface area contributed by atoms with Crippen LogP contribution in [-0.4, -0.2) is 73.2 Å². The number of anilines is 1. The van der Waals surface area contributed by atoms with Gasteiger partial charge >= 0.3 is 5.97 Å². The maximum Gasteiger partial charge on any atom is 0.338 e. The summed E-state index contributed by atoms with van der Waals surface area (Å²) >= 11 is 0. The topological polar surface area (TPSA) is 146 Å². The monoisotopic (exact) mass is 499 g/mol. The Morgan fingerprint density at radius 1 is 1.06 bits per heavy atom. The van der Waals surface area contributed by atoms with Crippen molar-refractivity contribution >= 4 is 35.1 Å². The lowest BCUT2D eigenvalue weighted by atomic mass is 10.1. The van der Waals surface area contributed by atoms with Crippen molar-refractivity contribution in [2.75, 3.05) is 32.3 Å². The van der Waals surface area contributed by atoms with Gasteiger partial charge in [-0.25, -0.2) is 9.69 Å². The quantitative estimate of drug-likeness (QED) is 0.158. The summed E-state index contributed by atoms with van der Waals surface area (Å²) in [5, 5.41) is 11.0. The van der Waals surface area contributed by atoms with Crippen LogP contribution in [0.25, 0.3) is 0 Å². The molecule has 1 aliphatic heterocycles. The molecule has 1 aliphatic rings. The van der Waals surface area contributed by atoms with Crippen molar-refractivity contribution in [3.05, 3.63) is 69.8 Å². The van der Waals surface area contributed by atoms with Crippen molar-refractivity contribution in [1.29, 1.82) is 0 Å². The first kappa shape index (κ1) is 26.4. The van der Waals surface area contributed by atoms with Gasteiger partial charge in [-0.15, -0.1) is 0 Å². The Kier molecular flexibility index (Phi) is 8.46. The standard InChI is InChI=1S/C24H25N3O9/c1-4-36-24(31)16-7-9-17(10-8-16)26-20(28)13-19(23(26)30)25(14-21(34-2)35-3)22(29)15-5-11-18(12-6-15)27(32)33/h5-12,19,21H,4,13-14H2,1-3H3. The van der Waals surface area contributed by atoms with Crippen molar-refractivity contribution in [3.8, 4) is 0 Å². The average Bonchev–Trinajstić information content (AvgIpc) is 3.18. The highest BCUT2D eigenvalue weighted by atomic mass is 16.7. The summed E-state index contributed by atoms with van der Waals surface area (Å²) in [6.07, 6.45) is -1.19. The molecule has 3 rings (SSSR count). The van der Waals surface area contributed by atoms with E-state index >= 15 is 0 Å². The number of hydrogen-bond donors (Lipinski definition) is 0. The number of nitro groups is 1. The highest BCUT2D eigenvalue weighted by Gasteiger charge is 2.45. The number of benzene rings is 2. The summed E-state index contributed by atoms with van der Waals surface area (Å²) in [4.78, 5) is 64.0. The fourth-order valence-corrected chi connectivity index (χ4v) is 3.74. The van der Waals surface area contributed by atoms with Gasteiger partial charge in [-0.1, -0.05) is 0 Å². The van der Waals surface area contributed by atoms with Crippen LogP contribution in [-0.2, 0) is 23.8 Å². The first-order valence-electron chi connectivity index (χ1n) is 11.0. The van der Waals surface area contributed by atoms with Gasteiger partial charge in [0.15, 0.2) is 6.29 Å². The second kappa shape index (κ2) is 11.5. The fraction of sp³-hybridized carbons (Fsp3) is 0.333. The number of non-ortho nitro benzene ring substituents is 1. The van der Waals surface area contributed by atoms with Crippen molar-refractivity contribution in [2.45, 2.75) is 25.7 Å². The van der Waals surface area contributed by atoms with Crippen LogP contribution in [0.4, 0.5) is 11.4 Å². The molecule has 12 nitrogen and oxygen atoms in total. The molecule has 0 spiro atoms. The summed E-state index contributed by atoms with van der Waals surface area (Å²) in [7, 11) is 2.73. The predicted molar refractivity (Wildman–Crippen MR) is 125 cm³/mol. The first-order chi connectivity index (χ1) is 17.2. The third-order valence-corrected chi connectivity index (χ3v) is 5.59. The third-order valence-electron chi connectivity index (χ3n) is 5.59. The number of esters is 1. The number of rotatable bonds is 10. The minimum atomic E-state index is -1.17. The van der Waals surface area contributed by atoms with Gasteiger partial charge < -0.3 is 19.1 Å². The third kappa shape index (κ3) is 5.56. The average molecular weight is 499 g/mol. The van der Waals surface area contributed by atoms with Crippen LogP contribution in [0.5, 0.6) is 0 Å². The zero-order valence-electron chi connectivity index (χ0n) is 19.9. The van der Waals surface area contributed by atoms with E-state index in [4.69, 9.17) is 14.2 Å². The molecule has 36 heavy (non-hydrogen) atoms. The molecule has 1 unspecified atom stereocenters. The van der Waals surface area contributed by atoms with Crippen LogP contribution in [0.1, 0.15) is 34.1 Å². The van der Waals surface area contributed by atoms with Crippen molar-refractivity contribution in [1.82, 2.24) is 4.90 Å². The minimum absolute atomic E-state index is 0.0871. The SMILES string of the molecule is CCOC(=O)c1ccc(N2C(=O)CC(N(CC(OC)OC)C(=O)c3ccc([N+](=O)[O-])cc3)C2=O)cc1. The zero-order chi connectivity index (χ0) is 26.4. The highest BCUT2D eigenvalue weighted by Crippen LogP contribution is 2.28. The highest BCUT2D eigenvalue weighted by molar-refractivity contribution is 6.23. The Morgan fingerprint density at radius 2 is 1.64 bits per heavy atom. The Hall–Kier alpha value is -4.16. The Labute approximate surface area is 206 Å². The Balaban J connectivity index is 1.90. The van der Waals surface area contributed by atoms with E-state index in [2.05, 4.69) is 0 Å². The number of hydrogen-bond acceptors (Lipinski definition) is 9. The number of carbonyl (C=O) groups excluding carboxylic acids is 4. The van der Waals surface area contributed by atoms with Crippen LogP contribution in [0.2, 0.25) is 0 Å². The smallest absolute Gasteiger partial charge is 0.338 e. The number of nitro benzene ring substituents is 1. The molecule has 0 saturated carbocycles. The van der Waals surface area contributed by atoms with Gasteiger partial charge in [0.1, 0.15) is 6.04 Å². The molecule has 2 aromatic rings. The molecule has 1 saturated heterocycles. The summed E-state index contributed by atoms with van der Waals surface area (Å²) in [6.45, 7) is 1.70. The van der Waals surface area contributed by atoms with E-state index < -0.39 is 40.9 Å². The van der Waals surface area contributed by atoms with Gasteiger partial charge in [0.25, 0.3) is 17.5 Å². The van der Waals surface area contributed by atoms with Crippen LogP contribution in [0, 0.1) is 10.1 Å². The van der Waals surface area contributed by atoms with E-state index in [1.807, 2.05) is 0 Å². The minimum Gasteiger partial charge on any atom is -0.462 e. The van der Waals surface area contributed by atoms with Crippen LogP contribution in [0.15, 0.2) is 48.5 Å². The van der Waals surface area contributed by atoms with E-state index in [-0.39, 0.29) is 42.1 Å². The second-order valence-electron chi connectivity index (χ2n) is 7.72. The number of amides is 3. The lowest BCUT2D eigenvalue weighted by molar-refractivity contribution is -0.384. The molecule has 190 valence electrons. The number of imide groups is 1. The van der Waals surface area contributed by atoms with Crippen molar-refractivity contribution in [2.24, 2.45) is 0 Å². The summed E-state index contributed by atoms with van der Waals surface area (Å²) in [6, 6.07) is 9.49. The fourth-order valence-electron chi connectivity index (χ4n) is 3.74. The van der Waals surface area contributed by atoms with Gasteiger partial charge in [0.2, 0.25) is 5.91 Å². The molecule has 1 fully saturated rings. The summed E-state index contributed by atoms with van der Waals surface area (Å²) in [5.41, 5.74) is 0.380. The molecule has 1 atom stereocenters. The molecular formula is C24H25N3O9. The predicted octanol–water partition coefficient (Wildman–Crippen LogP) is 2.16. The van der Waals surface area contributed by atoms with E-state index in [0.29, 0.717) is 0 Å². The molecule has 12 heteroatoms. The second-order valence-corrected chi connectivity index (χ2v) is 7.72. The van der Waals surface area contributed by atoms with E-state index in [1.54, 1.807) is 6.92 Å². The Morgan fingerprint density at radius 3 is 2.17 bits per heavy atom. The molecule has 3 amide bonds. The molecule has 0 aliphatic carbocycles. The van der Waals surface area contributed by atoms with Gasteiger partial charge in [0, 0.05) is 31.9 Å². The number of carbonyl (C=O) groups is 4. The molecule has 0 N–H and O–H groups in total. The normalized spacial score (nSPS) is 15.3. The van der Waals surface area contributed by atoms with E-state index in [9.17, 15) is 29.3 Å². The Bertz CT molecular complexity index is 1140. The molecular weight excluding hydrogens is 474 g/mol. The summed E-state index contributed by atoms with van der Waals surface area (Å²) in [5.74, 6) is -2.35. The maximum absolute atomic E-state index is 13.4. The molecule has 1 heterocycles. The summed E-state index contributed by atoms with van der Waals surface area (Å²) < 4.78 is 15.3. The number of ether oxygens (including phenoxy) is 3. The lowest BCUT2D eigenvalue weighted by Crippen LogP contribution is -2.49. The van der Waals surface area contributed by atoms with Gasteiger partial charge in [0.05, 0.1) is 35.7 Å². The van der Waals surface area contributed by atoms with Crippen LogP contribution >= 0.6 is 0 Å². The molecule has 2 aromatic carbocycles. The molecule has 0 bridgehead atoms. The van der Waals surface area contributed by atoms with Gasteiger partial charge in [-0.3, -0.25) is 24.5 Å². The van der Waals surface area contributed by atoms with E-state index in [0.717, 1.165) is 9.80 Å². The van der Waals surface area contributed by atoms with Crippen molar-refractivity contribution < 1.29 is 38.3 Å². The van der Waals surface area contributed by atoms with Gasteiger partial charge in [-0.05, 0) is 43.3 Å². The number of nitrogens with zero attached hydrogens (tertiary/aromatic N) is 3. The van der Waals surface area contributed by atoms with Crippen LogP contribution in [0.3, 0.4) is 0 Å². The van der Waals surface area contributed by atoms with E-state index in [1.165, 1.54) is 62.8 Å². The molecule has 0 aromatic heterocycles. The van der Waals surface area contributed by atoms with Crippen LogP contribution < -0.4 is 4.90 Å². The van der Waals surface area contributed by atoms with Gasteiger partial charge in [-0.2, -0.15) is 0 Å². The van der Waals surface area contributed by atoms with Crippen molar-refractivity contribution in [3.63, 3.8) is 0 Å². The molecule has 0 radical (unpaired) electrons. The zero-order valence-corrected chi connectivity index (χ0v) is 19.9. The first-order valence-corrected chi connectivity index (χ1v) is 11.0.